The van der Waals surface area contributed by atoms with E-state index in [1.807, 2.05) is 43.7 Å². The first kappa shape index (κ1) is 15.4. The topological polar surface area (TPSA) is 43.8 Å². The van der Waals surface area contributed by atoms with Gasteiger partial charge in [-0.2, -0.15) is 5.10 Å². The summed E-state index contributed by atoms with van der Waals surface area (Å²) < 4.78 is 1.90. The first-order valence-electron chi connectivity index (χ1n) is 6.67. The molecule has 0 saturated heterocycles. The lowest BCUT2D eigenvalue weighted by atomic mass is 10.0. The number of nitrogens with zero attached hydrogens (tertiary/aromatic N) is 2. The zero-order valence-corrected chi connectivity index (χ0v) is 13.5. The van der Waals surface area contributed by atoms with Crippen LogP contribution in [0.25, 0.3) is 0 Å². The molecule has 0 saturated carbocycles. The Morgan fingerprint density at radius 2 is 2.00 bits per heavy atom. The van der Waals surface area contributed by atoms with Crippen LogP contribution in [0, 0.1) is 13.8 Å². The smallest absolute Gasteiger partial charge is 0.0847 e. The number of aromatic nitrogens is 2. The van der Waals surface area contributed by atoms with Crippen molar-refractivity contribution in [3.63, 3.8) is 0 Å². The third kappa shape index (κ3) is 3.00. The summed E-state index contributed by atoms with van der Waals surface area (Å²) in [6.45, 7) is 6.73. The van der Waals surface area contributed by atoms with Gasteiger partial charge >= 0.3 is 0 Å². The van der Waals surface area contributed by atoms with Crippen LogP contribution in [-0.4, -0.2) is 9.78 Å². The Morgan fingerprint density at radius 1 is 1.30 bits per heavy atom. The fourth-order valence-corrected chi connectivity index (χ4v) is 2.90. The van der Waals surface area contributed by atoms with E-state index in [1.54, 1.807) is 0 Å². The molecule has 0 aliphatic carbocycles. The van der Waals surface area contributed by atoms with Crippen molar-refractivity contribution < 1.29 is 0 Å². The van der Waals surface area contributed by atoms with Gasteiger partial charge in [-0.15, -0.1) is 0 Å². The van der Waals surface area contributed by atoms with Crippen LogP contribution in [0.1, 0.15) is 35.5 Å². The fourth-order valence-electron chi connectivity index (χ4n) is 2.32. The SMILES string of the molecule is CCn1nc(C)c(Cl)c1CC(N)c1ccc(C)cc1Cl. The Bertz CT molecular complexity index is 620. The molecule has 0 spiro atoms. The van der Waals surface area contributed by atoms with Crippen molar-refractivity contribution in [1.29, 1.82) is 0 Å². The Morgan fingerprint density at radius 3 is 2.60 bits per heavy atom. The molecular weight excluding hydrogens is 293 g/mol. The second-order valence-corrected chi connectivity index (χ2v) is 5.78. The standard InChI is InChI=1S/C15H19Cl2N3/c1-4-20-14(15(17)10(3)19-20)8-13(18)11-6-5-9(2)7-12(11)16/h5-7,13H,4,8,18H2,1-3H3. The van der Waals surface area contributed by atoms with Crippen LogP contribution in [0.5, 0.6) is 0 Å². The van der Waals surface area contributed by atoms with E-state index in [2.05, 4.69) is 5.10 Å². The summed E-state index contributed by atoms with van der Waals surface area (Å²) in [5, 5.41) is 5.81. The summed E-state index contributed by atoms with van der Waals surface area (Å²) in [6, 6.07) is 5.74. The molecule has 0 bridgehead atoms. The summed E-state index contributed by atoms with van der Waals surface area (Å²) in [6.07, 6.45) is 0.621. The van der Waals surface area contributed by atoms with E-state index in [1.165, 1.54) is 0 Å². The van der Waals surface area contributed by atoms with Crippen LogP contribution in [0.2, 0.25) is 10.0 Å². The second kappa shape index (κ2) is 6.17. The number of aryl methyl sites for hydroxylation is 3. The molecule has 2 aromatic rings. The molecule has 1 aromatic heterocycles. The molecule has 0 aliphatic rings. The maximum absolute atomic E-state index is 6.32. The largest absolute Gasteiger partial charge is 0.324 e. The molecule has 0 radical (unpaired) electrons. The van der Waals surface area contributed by atoms with Gasteiger partial charge in [0, 0.05) is 24.0 Å². The quantitative estimate of drug-likeness (QED) is 0.925. The number of benzene rings is 1. The summed E-state index contributed by atoms with van der Waals surface area (Å²) >= 11 is 12.6. The number of halogens is 2. The molecule has 0 aliphatic heterocycles. The van der Waals surface area contributed by atoms with E-state index in [0.717, 1.165) is 29.1 Å². The van der Waals surface area contributed by atoms with Crippen molar-refractivity contribution in [2.75, 3.05) is 0 Å². The summed E-state index contributed by atoms with van der Waals surface area (Å²) in [7, 11) is 0. The highest BCUT2D eigenvalue weighted by Crippen LogP contribution is 2.28. The van der Waals surface area contributed by atoms with Crippen LogP contribution in [0.4, 0.5) is 0 Å². The minimum Gasteiger partial charge on any atom is -0.324 e. The number of hydrogen-bond donors (Lipinski definition) is 1. The van der Waals surface area contributed by atoms with Gasteiger partial charge in [0.05, 0.1) is 16.4 Å². The van der Waals surface area contributed by atoms with Gasteiger partial charge in [-0.05, 0) is 38.0 Å². The zero-order valence-electron chi connectivity index (χ0n) is 12.0. The molecule has 1 unspecified atom stereocenters. The first-order chi connectivity index (χ1) is 9.43. The second-order valence-electron chi connectivity index (χ2n) is 5.00. The molecular formula is C15H19Cl2N3. The Balaban J connectivity index is 2.30. The number of nitrogens with two attached hydrogens (primary N) is 1. The van der Waals surface area contributed by atoms with Gasteiger partial charge in [0.2, 0.25) is 0 Å². The molecule has 0 amide bonds. The molecule has 5 heteroatoms. The molecule has 2 rings (SSSR count). The van der Waals surface area contributed by atoms with Crippen molar-refractivity contribution in [1.82, 2.24) is 9.78 Å². The number of rotatable bonds is 4. The molecule has 108 valence electrons. The van der Waals surface area contributed by atoms with Crippen LogP contribution in [0.15, 0.2) is 18.2 Å². The predicted molar refractivity (Wildman–Crippen MR) is 84.5 cm³/mol. The van der Waals surface area contributed by atoms with E-state index in [0.29, 0.717) is 16.5 Å². The Labute approximate surface area is 129 Å². The van der Waals surface area contributed by atoms with Gasteiger partial charge in [-0.1, -0.05) is 35.3 Å². The molecule has 3 nitrogen and oxygen atoms in total. The molecule has 1 aromatic carbocycles. The number of hydrogen-bond acceptors (Lipinski definition) is 2. The van der Waals surface area contributed by atoms with Crippen molar-refractivity contribution in [2.24, 2.45) is 5.73 Å². The van der Waals surface area contributed by atoms with Crippen LogP contribution < -0.4 is 5.73 Å². The zero-order chi connectivity index (χ0) is 14.9. The summed E-state index contributed by atoms with van der Waals surface area (Å²) in [4.78, 5) is 0. The van der Waals surface area contributed by atoms with E-state index in [9.17, 15) is 0 Å². The van der Waals surface area contributed by atoms with E-state index in [4.69, 9.17) is 28.9 Å². The van der Waals surface area contributed by atoms with Crippen LogP contribution in [0.3, 0.4) is 0 Å². The van der Waals surface area contributed by atoms with Crippen molar-refractivity contribution >= 4 is 23.2 Å². The monoisotopic (exact) mass is 311 g/mol. The van der Waals surface area contributed by atoms with Crippen molar-refractivity contribution in [3.05, 3.63) is 50.8 Å². The van der Waals surface area contributed by atoms with Gasteiger partial charge in [-0.25, -0.2) is 0 Å². The van der Waals surface area contributed by atoms with E-state index < -0.39 is 0 Å². The third-order valence-corrected chi connectivity index (χ3v) is 4.24. The lowest BCUT2D eigenvalue weighted by Gasteiger charge is -2.15. The maximum atomic E-state index is 6.32. The average Bonchev–Trinajstić information content (AvgIpc) is 2.66. The molecule has 1 heterocycles. The predicted octanol–water partition coefficient (Wildman–Crippen LogP) is 4.07. The van der Waals surface area contributed by atoms with E-state index >= 15 is 0 Å². The Hall–Kier alpha value is -1.03. The van der Waals surface area contributed by atoms with Gasteiger partial charge in [-0.3, -0.25) is 4.68 Å². The fraction of sp³-hybridized carbons (Fsp3) is 0.400. The average molecular weight is 312 g/mol. The molecule has 0 fully saturated rings. The van der Waals surface area contributed by atoms with Gasteiger partial charge in [0.1, 0.15) is 0 Å². The first-order valence-corrected chi connectivity index (χ1v) is 7.43. The van der Waals surface area contributed by atoms with Gasteiger partial charge in [0.25, 0.3) is 0 Å². The van der Waals surface area contributed by atoms with Crippen molar-refractivity contribution in [2.45, 2.75) is 39.8 Å². The maximum Gasteiger partial charge on any atom is 0.0847 e. The molecule has 1 atom stereocenters. The van der Waals surface area contributed by atoms with E-state index in [-0.39, 0.29) is 6.04 Å². The molecule has 2 N–H and O–H groups in total. The molecule has 20 heavy (non-hydrogen) atoms. The highest BCUT2D eigenvalue weighted by molar-refractivity contribution is 6.32. The van der Waals surface area contributed by atoms with Crippen LogP contribution >= 0.6 is 23.2 Å². The lowest BCUT2D eigenvalue weighted by Crippen LogP contribution is -2.17. The highest BCUT2D eigenvalue weighted by Gasteiger charge is 2.18. The van der Waals surface area contributed by atoms with Gasteiger partial charge < -0.3 is 5.73 Å². The Kier molecular flexibility index (Phi) is 4.74. The third-order valence-electron chi connectivity index (χ3n) is 3.42. The summed E-state index contributed by atoms with van der Waals surface area (Å²) in [5.41, 5.74) is 10.2. The summed E-state index contributed by atoms with van der Waals surface area (Å²) in [5.74, 6) is 0. The highest BCUT2D eigenvalue weighted by atomic mass is 35.5. The minimum absolute atomic E-state index is 0.193. The van der Waals surface area contributed by atoms with Gasteiger partial charge in [0.15, 0.2) is 0 Å². The van der Waals surface area contributed by atoms with Crippen LogP contribution in [-0.2, 0) is 13.0 Å². The minimum atomic E-state index is -0.193. The van der Waals surface area contributed by atoms with Crippen molar-refractivity contribution in [3.8, 4) is 0 Å². The normalized spacial score (nSPS) is 12.7. The lowest BCUT2D eigenvalue weighted by molar-refractivity contribution is 0.587.